The Morgan fingerprint density at radius 3 is 2.66 bits per heavy atom. The molecule has 12 heteroatoms. The number of fused-ring (bicyclic) bond motifs is 1. The predicted molar refractivity (Wildman–Crippen MR) is 150 cm³/mol. The summed E-state index contributed by atoms with van der Waals surface area (Å²) in [5.41, 5.74) is 1.72. The van der Waals surface area contributed by atoms with Gasteiger partial charge in [-0.25, -0.2) is 0 Å². The van der Waals surface area contributed by atoms with Crippen LogP contribution in [0.4, 0.5) is 17.1 Å². The van der Waals surface area contributed by atoms with Gasteiger partial charge in [-0.15, -0.1) is 11.3 Å². The summed E-state index contributed by atoms with van der Waals surface area (Å²) in [5, 5.41) is 17.6. The number of hydrogen-bond acceptors (Lipinski definition) is 9. The van der Waals surface area contributed by atoms with E-state index in [2.05, 4.69) is 5.10 Å². The van der Waals surface area contributed by atoms with E-state index in [9.17, 15) is 19.7 Å². The highest BCUT2D eigenvalue weighted by Crippen LogP contribution is 2.46. The second-order valence-electron chi connectivity index (χ2n) is 8.80. The molecule has 1 amide bonds. The number of carbonyl (C=O) groups is 1. The number of methoxy groups -OCH3 is 1. The minimum Gasteiger partial charge on any atom is -0.497 e. The summed E-state index contributed by atoms with van der Waals surface area (Å²) in [6, 6.07) is 11.6. The summed E-state index contributed by atoms with van der Waals surface area (Å²) in [4.78, 5) is 41.2. The number of hydrazone groups is 1. The van der Waals surface area contributed by atoms with Crippen molar-refractivity contribution >= 4 is 62.4 Å². The first kappa shape index (κ1) is 25.7. The zero-order valence-corrected chi connectivity index (χ0v) is 22.9. The van der Waals surface area contributed by atoms with E-state index >= 15 is 0 Å². The van der Waals surface area contributed by atoms with E-state index in [1.807, 2.05) is 37.1 Å². The maximum Gasteiger partial charge on any atom is 0.283 e. The number of thiazole rings is 1. The molecule has 0 spiro atoms. The monoisotopic (exact) mass is 551 g/mol. The second-order valence-corrected chi connectivity index (χ2v) is 10.8. The molecular weight excluding hydrogens is 526 g/mol. The van der Waals surface area contributed by atoms with Crippen LogP contribution >= 0.6 is 23.1 Å². The molecule has 0 bridgehead atoms. The van der Waals surface area contributed by atoms with Crippen molar-refractivity contribution in [2.45, 2.75) is 38.1 Å². The van der Waals surface area contributed by atoms with Gasteiger partial charge in [0.05, 0.1) is 34.7 Å². The fraction of sp³-hybridized carbons (Fsp3) is 0.269. The molecule has 38 heavy (non-hydrogen) atoms. The zero-order chi connectivity index (χ0) is 27.1. The number of anilines is 2. The molecule has 3 heterocycles. The number of aromatic nitrogens is 1. The van der Waals surface area contributed by atoms with Crippen molar-refractivity contribution in [2.75, 3.05) is 24.1 Å². The maximum atomic E-state index is 13.8. The fourth-order valence-corrected chi connectivity index (χ4v) is 6.92. The van der Waals surface area contributed by atoms with Gasteiger partial charge < -0.3 is 9.64 Å². The Morgan fingerprint density at radius 1 is 1.16 bits per heavy atom. The number of nitro benzene ring substituents is 1. The lowest BCUT2D eigenvalue weighted by molar-refractivity contribution is -0.384. The number of nitrogens with zero attached hydrogens (tertiary/aromatic N) is 5. The molecule has 0 N–H and O–H groups in total. The Morgan fingerprint density at radius 2 is 1.95 bits per heavy atom. The number of ether oxygens (including phenoxy) is 1. The van der Waals surface area contributed by atoms with E-state index in [0.29, 0.717) is 32.7 Å². The van der Waals surface area contributed by atoms with Crippen molar-refractivity contribution < 1.29 is 14.5 Å². The van der Waals surface area contributed by atoms with Crippen LogP contribution in [0.25, 0.3) is 10.6 Å². The van der Waals surface area contributed by atoms with Crippen LogP contribution < -0.4 is 29.4 Å². The number of benzene rings is 2. The van der Waals surface area contributed by atoms with Crippen LogP contribution in [0.5, 0.6) is 5.75 Å². The minimum absolute atomic E-state index is 0.135. The summed E-state index contributed by atoms with van der Waals surface area (Å²) in [5.74, 6) is 0.302. The molecule has 5 rings (SSSR count). The third kappa shape index (κ3) is 4.29. The largest absolute Gasteiger partial charge is 0.497 e. The molecule has 0 saturated heterocycles. The van der Waals surface area contributed by atoms with Crippen molar-refractivity contribution in [1.82, 2.24) is 4.57 Å². The van der Waals surface area contributed by atoms with Crippen molar-refractivity contribution in [2.24, 2.45) is 5.10 Å². The zero-order valence-electron chi connectivity index (χ0n) is 21.3. The molecule has 3 aromatic rings. The van der Waals surface area contributed by atoms with E-state index in [0.717, 1.165) is 39.2 Å². The average Bonchev–Trinajstić information content (AvgIpc) is 3.52. The Balaban J connectivity index is 1.69. The molecule has 2 aliphatic heterocycles. The van der Waals surface area contributed by atoms with Gasteiger partial charge in [-0.05, 0) is 31.5 Å². The van der Waals surface area contributed by atoms with Gasteiger partial charge in [0.15, 0.2) is 0 Å². The van der Waals surface area contributed by atoms with Crippen LogP contribution in [0, 0.1) is 10.1 Å². The number of unbranched alkanes of at least 4 members (excludes halogenated alkanes) is 1. The highest BCUT2D eigenvalue weighted by molar-refractivity contribution is 8.08. The number of carbonyl (C=O) groups excluding carboxylic acids is 1. The fourth-order valence-electron chi connectivity index (χ4n) is 4.37. The van der Waals surface area contributed by atoms with Crippen LogP contribution in [-0.2, 0) is 11.3 Å². The molecule has 196 valence electrons. The van der Waals surface area contributed by atoms with Crippen LogP contribution in [0.1, 0.15) is 26.7 Å². The Kier molecular flexibility index (Phi) is 6.84. The number of nitro groups is 1. The van der Waals surface area contributed by atoms with Gasteiger partial charge in [0.2, 0.25) is 0 Å². The van der Waals surface area contributed by atoms with E-state index < -0.39 is 10.8 Å². The van der Waals surface area contributed by atoms with Gasteiger partial charge in [0.1, 0.15) is 20.0 Å². The summed E-state index contributed by atoms with van der Waals surface area (Å²) in [6.45, 7) is 4.22. The standard InChI is InChI=1S/C26H25N5O5S2/c1-5-6-12-29-24(33)22(26-28(3)19-14-18(36-4)10-11-20(19)37-26)38-25(29)21-15(2)27-30(23(21)32)16-8-7-9-17(13-16)31(34)35/h7-11,13-14H,5-6,12H2,1-4H3. The smallest absolute Gasteiger partial charge is 0.283 e. The van der Waals surface area contributed by atoms with Crippen molar-refractivity contribution in [1.29, 1.82) is 0 Å². The lowest BCUT2D eigenvalue weighted by Crippen LogP contribution is -2.35. The summed E-state index contributed by atoms with van der Waals surface area (Å²) in [7, 11) is 3.52. The first-order valence-electron chi connectivity index (χ1n) is 12.0. The van der Waals surface area contributed by atoms with Crippen LogP contribution in [0.3, 0.4) is 0 Å². The van der Waals surface area contributed by atoms with Crippen LogP contribution in [0.15, 0.2) is 57.3 Å². The Hall–Kier alpha value is -3.90. The first-order valence-corrected chi connectivity index (χ1v) is 13.6. The van der Waals surface area contributed by atoms with Crippen LogP contribution in [-0.4, -0.2) is 35.3 Å². The maximum absolute atomic E-state index is 13.8. The lowest BCUT2D eigenvalue weighted by Gasteiger charge is -2.13. The molecule has 0 fully saturated rings. The average molecular weight is 552 g/mol. The lowest BCUT2D eigenvalue weighted by atomic mass is 10.2. The number of amides is 1. The van der Waals surface area contributed by atoms with Crippen molar-refractivity contribution in [3.05, 3.63) is 72.1 Å². The molecule has 1 aromatic heterocycles. The molecule has 0 saturated carbocycles. The molecule has 0 unspecified atom stereocenters. The topological polar surface area (TPSA) is 110 Å². The number of non-ortho nitro benzene ring substituents is 1. The van der Waals surface area contributed by atoms with Crippen molar-refractivity contribution in [3.63, 3.8) is 0 Å². The number of rotatable bonds is 6. The van der Waals surface area contributed by atoms with E-state index in [1.54, 1.807) is 24.7 Å². The number of thioether (sulfide) groups is 1. The predicted octanol–water partition coefficient (Wildman–Crippen LogP) is 3.51. The molecule has 2 aromatic carbocycles. The number of hydrogen-bond donors (Lipinski definition) is 0. The van der Waals surface area contributed by atoms with Gasteiger partial charge in [-0.3, -0.25) is 24.3 Å². The van der Waals surface area contributed by atoms with Gasteiger partial charge in [-0.1, -0.05) is 31.2 Å². The highest BCUT2D eigenvalue weighted by atomic mass is 32.2. The summed E-state index contributed by atoms with van der Waals surface area (Å²) >= 11 is 2.78. The first-order chi connectivity index (χ1) is 18.2. The molecule has 2 aliphatic rings. The van der Waals surface area contributed by atoms with E-state index in [4.69, 9.17) is 4.74 Å². The Bertz CT molecular complexity index is 1690. The minimum atomic E-state index is -0.514. The molecule has 0 aliphatic carbocycles. The third-order valence-corrected chi connectivity index (χ3v) is 8.92. The quantitative estimate of drug-likeness (QED) is 0.341. The Labute approximate surface area is 226 Å². The molecular formula is C26H25N5O5S2. The molecule has 10 nitrogen and oxygen atoms in total. The third-order valence-electron chi connectivity index (χ3n) is 6.37. The molecule has 0 atom stereocenters. The van der Waals surface area contributed by atoms with E-state index in [1.165, 1.54) is 41.3 Å². The van der Waals surface area contributed by atoms with Gasteiger partial charge in [0, 0.05) is 36.7 Å². The van der Waals surface area contributed by atoms with Gasteiger partial charge in [0.25, 0.3) is 17.2 Å². The molecule has 0 radical (unpaired) electrons. The van der Waals surface area contributed by atoms with E-state index in [-0.39, 0.29) is 11.2 Å². The van der Waals surface area contributed by atoms with Crippen LogP contribution in [0.2, 0.25) is 0 Å². The van der Waals surface area contributed by atoms with Crippen molar-refractivity contribution in [3.8, 4) is 5.75 Å². The SMILES string of the molecule is CCCCn1c(=C2C(=O)N(c3cccc([N+](=O)[O-])c3)N=C2C)sc(=C2Sc3ccc(OC)cc3N2C)c1=O. The summed E-state index contributed by atoms with van der Waals surface area (Å²) < 4.78 is 8.12. The normalized spacial score (nSPS) is 17.7. The second kappa shape index (κ2) is 10.1. The van der Waals surface area contributed by atoms with Gasteiger partial charge >= 0.3 is 0 Å². The highest BCUT2D eigenvalue weighted by Gasteiger charge is 2.33. The van der Waals surface area contributed by atoms with Gasteiger partial charge in [-0.2, -0.15) is 10.1 Å². The summed E-state index contributed by atoms with van der Waals surface area (Å²) in [6.07, 6.45) is 1.65.